The third-order valence-electron chi connectivity index (χ3n) is 4.36. The first-order chi connectivity index (χ1) is 11.0. The molecule has 0 N–H and O–H groups in total. The largest absolute Gasteiger partial charge is 0.301 e. The summed E-state index contributed by atoms with van der Waals surface area (Å²) >= 11 is 6.17. The molecule has 1 aromatic rings. The van der Waals surface area contributed by atoms with Crippen molar-refractivity contribution in [1.82, 2.24) is 9.21 Å². The van der Waals surface area contributed by atoms with Crippen LogP contribution in [0.25, 0.3) is 0 Å². The second kappa shape index (κ2) is 9.02. The Hall–Kier alpha value is -0.620. The fraction of sp³-hybridized carbons (Fsp3) is 0.647. The third kappa shape index (κ3) is 5.75. The van der Waals surface area contributed by atoms with Gasteiger partial charge in [0, 0.05) is 31.2 Å². The molecule has 0 atom stereocenters. The summed E-state index contributed by atoms with van der Waals surface area (Å²) in [6.45, 7) is 5.92. The molecule has 1 aliphatic heterocycles. The minimum Gasteiger partial charge on any atom is -0.301 e. The number of halogens is 1. The van der Waals surface area contributed by atoms with Crippen LogP contribution >= 0.6 is 11.6 Å². The first-order valence-corrected chi connectivity index (χ1v) is 10.4. The molecule has 1 aliphatic rings. The minimum absolute atomic E-state index is 0.288. The van der Waals surface area contributed by atoms with Crippen LogP contribution in [0.1, 0.15) is 31.7 Å². The van der Waals surface area contributed by atoms with E-state index in [4.69, 9.17) is 11.6 Å². The van der Waals surface area contributed by atoms with Gasteiger partial charge in [-0.25, -0.2) is 8.42 Å². The van der Waals surface area contributed by atoms with E-state index >= 15 is 0 Å². The van der Waals surface area contributed by atoms with E-state index in [0.29, 0.717) is 13.1 Å². The van der Waals surface area contributed by atoms with Crippen LogP contribution < -0.4 is 0 Å². The summed E-state index contributed by atoms with van der Waals surface area (Å²) in [6, 6.07) is 7.96. The number of hydrogen-bond acceptors (Lipinski definition) is 3. The number of sulfonamides is 1. The lowest BCUT2D eigenvalue weighted by atomic mass is 10.1. The molecule has 0 saturated carbocycles. The van der Waals surface area contributed by atoms with Crippen LogP contribution in [0.3, 0.4) is 0 Å². The highest BCUT2D eigenvalue weighted by Crippen LogP contribution is 2.17. The fourth-order valence-corrected chi connectivity index (χ4v) is 4.74. The van der Waals surface area contributed by atoms with Crippen molar-refractivity contribution in [3.63, 3.8) is 0 Å². The quantitative estimate of drug-likeness (QED) is 0.717. The molecule has 1 aromatic carbocycles. The number of piperazine rings is 1. The van der Waals surface area contributed by atoms with E-state index in [2.05, 4.69) is 11.0 Å². The highest BCUT2D eigenvalue weighted by Gasteiger charge is 2.25. The molecule has 2 rings (SSSR count). The number of benzene rings is 1. The van der Waals surface area contributed by atoms with E-state index in [1.165, 1.54) is 5.56 Å². The van der Waals surface area contributed by atoms with E-state index in [1.807, 2.05) is 25.1 Å². The van der Waals surface area contributed by atoms with Crippen molar-refractivity contribution < 1.29 is 8.42 Å². The first kappa shape index (κ1) is 18.7. The predicted molar refractivity (Wildman–Crippen MR) is 96.5 cm³/mol. The highest BCUT2D eigenvalue weighted by molar-refractivity contribution is 7.89. The summed E-state index contributed by atoms with van der Waals surface area (Å²) < 4.78 is 26.0. The van der Waals surface area contributed by atoms with Crippen LogP contribution in [0.4, 0.5) is 0 Å². The molecule has 0 bridgehead atoms. The van der Waals surface area contributed by atoms with Crippen molar-refractivity contribution in [2.45, 2.75) is 32.6 Å². The normalized spacial score (nSPS) is 17.5. The van der Waals surface area contributed by atoms with Crippen LogP contribution in [0.5, 0.6) is 0 Å². The maximum absolute atomic E-state index is 12.2. The van der Waals surface area contributed by atoms with Gasteiger partial charge in [0.15, 0.2) is 0 Å². The molecule has 0 spiro atoms. The average molecular weight is 359 g/mol. The number of rotatable bonds is 8. The van der Waals surface area contributed by atoms with Gasteiger partial charge in [-0.1, -0.05) is 43.1 Å². The van der Waals surface area contributed by atoms with E-state index in [-0.39, 0.29) is 5.75 Å². The zero-order valence-corrected chi connectivity index (χ0v) is 15.5. The molecule has 1 saturated heterocycles. The SMILES string of the molecule is CCCCS(=O)(=O)N1CCN(CCCc2ccccc2Cl)CC1. The Morgan fingerprint density at radius 3 is 2.43 bits per heavy atom. The van der Waals surface area contributed by atoms with Gasteiger partial charge < -0.3 is 4.90 Å². The molecule has 23 heavy (non-hydrogen) atoms. The van der Waals surface area contributed by atoms with Crippen LogP contribution in [0, 0.1) is 0 Å². The second-order valence-electron chi connectivity index (χ2n) is 6.11. The molecule has 4 nitrogen and oxygen atoms in total. The first-order valence-electron chi connectivity index (χ1n) is 8.46. The average Bonchev–Trinajstić information content (AvgIpc) is 2.55. The topological polar surface area (TPSA) is 40.6 Å². The summed E-state index contributed by atoms with van der Waals surface area (Å²) in [6.07, 6.45) is 3.68. The Morgan fingerprint density at radius 1 is 1.09 bits per heavy atom. The van der Waals surface area contributed by atoms with Gasteiger partial charge in [-0.2, -0.15) is 4.31 Å². The van der Waals surface area contributed by atoms with Crippen LogP contribution in [0.15, 0.2) is 24.3 Å². The van der Waals surface area contributed by atoms with Crippen molar-refractivity contribution >= 4 is 21.6 Å². The summed E-state index contributed by atoms with van der Waals surface area (Å²) in [7, 11) is -3.05. The summed E-state index contributed by atoms with van der Waals surface area (Å²) in [4.78, 5) is 2.35. The second-order valence-corrected chi connectivity index (χ2v) is 8.60. The van der Waals surface area contributed by atoms with Gasteiger partial charge in [0.25, 0.3) is 0 Å². The molecule has 0 aliphatic carbocycles. The van der Waals surface area contributed by atoms with Gasteiger partial charge in [0.1, 0.15) is 0 Å². The lowest BCUT2D eigenvalue weighted by molar-refractivity contribution is 0.187. The van der Waals surface area contributed by atoms with Gasteiger partial charge >= 0.3 is 0 Å². The Labute approximate surface area is 145 Å². The number of aryl methyl sites for hydroxylation is 1. The van der Waals surface area contributed by atoms with Crippen molar-refractivity contribution in [3.8, 4) is 0 Å². The standard InChI is InChI=1S/C17H27ClN2O2S/c1-2-3-15-23(21,22)20-13-11-19(12-14-20)10-6-8-16-7-4-5-9-17(16)18/h4-5,7,9H,2-3,6,8,10-15H2,1H3. The zero-order valence-electron chi connectivity index (χ0n) is 13.9. The summed E-state index contributed by atoms with van der Waals surface area (Å²) in [5.41, 5.74) is 1.19. The van der Waals surface area contributed by atoms with Crippen LogP contribution in [-0.4, -0.2) is 56.1 Å². The van der Waals surface area contributed by atoms with Crippen molar-refractivity contribution in [2.75, 3.05) is 38.5 Å². The summed E-state index contributed by atoms with van der Waals surface area (Å²) in [5.74, 6) is 0.288. The Morgan fingerprint density at radius 2 is 1.78 bits per heavy atom. The molecule has 0 amide bonds. The number of nitrogens with zero attached hydrogens (tertiary/aromatic N) is 2. The minimum atomic E-state index is -3.05. The smallest absolute Gasteiger partial charge is 0.214 e. The molecule has 1 heterocycles. The molecular formula is C17H27ClN2O2S. The van der Waals surface area contributed by atoms with Gasteiger partial charge in [-0.05, 0) is 37.4 Å². The highest BCUT2D eigenvalue weighted by atomic mass is 35.5. The Balaban J connectivity index is 1.72. The lowest BCUT2D eigenvalue weighted by Crippen LogP contribution is -2.49. The van der Waals surface area contributed by atoms with Crippen molar-refractivity contribution in [2.24, 2.45) is 0 Å². The molecule has 6 heteroatoms. The van der Waals surface area contributed by atoms with Crippen LogP contribution in [0.2, 0.25) is 5.02 Å². The number of unbranched alkanes of at least 4 members (excludes halogenated alkanes) is 1. The lowest BCUT2D eigenvalue weighted by Gasteiger charge is -2.34. The van der Waals surface area contributed by atoms with Gasteiger partial charge in [-0.3, -0.25) is 0 Å². The van der Waals surface area contributed by atoms with Crippen LogP contribution in [-0.2, 0) is 16.4 Å². The fourth-order valence-electron chi connectivity index (χ4n) is 2.88. The van der Waals surface area contributed by atoms with Gasteiger partial charge in [-0.15, -0.1) is 0 Å². The van der Waals surface area contributed by atoms with E-state index in [9.17, 15) is 8.42 Å². The van der Waals surface area contributed by atoms with E-state index in [1.54, 1.807) is 4.31 Å². The molecule has 0 unspecified atom stereocenters. The van der Waals surface area contributed by atoms with Gasteiger partial charge in [0.2, 0.25) is 10.0 Å². The molecule has 0 aromatic heterocycles. The number of hydrogen-bond donors (Lipinski definition) is 0. The van der Waals surface area contributed by atoms with Crippen molar-refractivity contribution in [3.05, 3.63) is 34.9 Å². The third-order valence-corrected chi connectivity index (χ3v) is 6.68. The Bertz CT molecular complexity index is 584. The monoisotopic (exact) mass is 358 g/mol. The maximum Gasteiger partial charge on any atom is 0.214 e. The predicted octanol–water partition coefficient (Wildman–Crippen LogP) is 3.02. The Kier molecular flexibility index (Phi) is 7.34. The van der Waals surface area contributed by atoms with Crippen molar-refractivity contribution in [1.29, 1.82) is 0 Å². The molecule has 1 fully saturated rings. The summed E-state index contributed by atoms with van der Waals surface area (Å²) in [5, 5.41) is 0.833. The van der Waals surface area contributed by atoms with Gasteiger partial charge in [0.05, 0.1) is 5.75 Å². The zero-order chi connectivity index (χ0) is 16.7. The van der Waals surface area contributed by atoms with E-state index < -0.39 is 10.0 Å². The molecule has 0 radical (unpaired) electrons. The van der Waals surface area contributed by atoms with E-state index in [0.717, 1.165) is 50.3 Å². The maximum atomic E-state index is 12.2. The molecular weight excluding hydrogens is 332 g/mol. The molecule has 130 valence electrons.